The Bertz CT molecular complexity index is 720. The monoisotopic (exact) mass is 339 g/mol. The summed E-state index contributed by atoms with van der Waals surface area (Å²) in [6.07, 6.45) is 4.43. The molecular weight excluding hydrogens is 314 g/mol. The van der Waals surface area contributed by atoms with Crippen LogP contribution in [-0.2, 0) is 0 Å². The van der Waals surface area contributed by atoms with Gasteiger partial charge in [-0.2, -0.15) is 0 Å². The van der Waals surface area contributed by atoms with E-state index in [2.05, 4.69) is 24.9 Å². The van der Waals surface area contributed by atoms with Gasteiger partial charge in [0.15, 0.2) is 0 Å². The van der Waals surface area contributed by atoms with Gasteiger partial charge in [-0.25, -0.2) is 4.79 Å². The summed E-state index contributed by atoms with van der Waals surface area (Å²) in [4.78, 5) is 21.0. The van der Waals surface area contributed by atoms with Crippen molar-refractivity contribution in [1.82, 2.24) is 9.88 Å². The number of rotatable bonds is 6. The van der Waals surface area contributed by atoms with Gasteiger partial charge >= 0.3 is 6.03 Å². The van der Waals surface area contributed by atoms with Gasteiger partial charge in [-0.3, -0.25) is 9.88 Å². The molecule has 5 nitrogen and oxygen atoms in total. The molecule has 2 atom stereocenters. The van der Waals surface area contributed by atoms with Crippen molar-refractivity contribution in [1.29, 1.82) is 0 Å². The lowest BCUT2D eigenvalue weighted by atomic mass is 9.91. The minimum Gasteiger partial charge on any atom is -0.496 e. The van der Waals surface area contributed by atoms with E-state index < -0.39 is 0 Å². The lowest BCUT2D eigenvalue weighted by Gasteiger charge is -2.29. The van der Waals surface area contributed by atoms with Crippen LogP contribution in [0.3, 0.4) is 0 Å². The zero-order valence-corrected chi connectivity index (χ0v) is 15.1. The van der Waals surface area contributed by atoms with E-state index in [0.717, 1.165) is 30.0 Å². The quantitative estimate of drug-likeness (QED) is 0.801. The Morgan fingerprint density at radius 2 is 2.08 bits per heavy atom. The number of methoxy groups -OCH3 is 1. The number of benzene rings is 1. The molecule has 2 heterocycles. The third-order valence-electron chi connectivity index (χ3n) is 4.84. The molecule has 0 N–H and O–H groups in total. The van der Waals surface area contributed by atoms with Gasteiger partial charge in [-0.05, 0) is 30.2 Å². The molecule has 2 unspecified atom stereocenters. The Labute approximate surface area is 149 Å². The van der Waals surface area contributed by atoms with Gasteiger partial charge in [0.1, 0.15) is 5.75 Å². The van der Waals surface area contributed by atoms with Gasteiger partial charge in [0.05, 0.1) is 25.0 Å². The molecular formula is C20H25N3O2. The minimum absolute atomic E-state index is 0.0413. The number of hydrogen-bond acceptors (Lipinski definition) is 3. The maximum atomic E-state index is 13.0. The zero-order valence-electron chi connectivity index (χ0n) is 15.1. The molecule has 5 heteroatoms. The summed E-state index contributed by atoms with van der Waals surface area (Å²) >= 11 is 0. The van der Waals surface area contributed by atoms with Crippen LogP contribution in [0.5, 0.6) is 5.75 Å². The second kappa shape index (κ2) is 7.55. The van der Waals surface area contributed by atoms with Crippen LogP contribution in [-0.4, -0.2) is 42.2 Å². The number of nitrogens with zero attached hydrogens (tertiary/aromatic N) is 3. The number of aromatic nitrogens is 1. The fourth-order valence-electron chi connectivity index (χ4n) is 3.57. The number of anilines is 1. The molecule has 3 rings (SSSR count). The van der Waals surface area contributed by atoms with Crippen molar-refractivity contribution in [2.45, 2.75) is 32.2 Å². The summed E-state index contributed by atoms with van der Waals surface area (Å²) in [6.45, 7) is 5.73. The molecule has 0 spiro atoms. The Morgan fingerprint density at radius 3 is 2.76 bits per heavy atom. The highest BCUT2D eigenvalue weighted by Gasteiger charge is 2.41. The van der Waals surface area contributed by atoms with E-state index in [1.54, 1.807) is 19.5 Å². The van der Waals surface area contributed by atoms with Crippen molar-refractivity contribution >= 4 is 11.7 Å². The fourth-order valence-corrected chi connectivity index (χ4v) is 3.57. The molecule has 1 aromatic heterocycles. The van der Waals surface area contributed by atoms with Crippen LogP contribution in [0.2, 0.25) is 0 Å². The summed E-state index contributed by atoms with van der Waals surface area (Å²) in [6, 6.07) is 12.0. The summed E-state index contributed by atoms with van der Waals surface area (Å²) in [5.41, 5.74) is 1.97. The van der Waals surface area contributed by atoms with Crippen molar-refractivity contribution in [3.63, 3.8) is 0 Å². The molecule has 132 valence electrons. The lowest BCUT2D eigenvalue weighted by molar-refractivity contribution is 0.220. The smallest absolute Gasteiger partial charge is 0.324 e. The van der Waals surface area contributed by atoms with Gasteiger partial charge < -0.3 is 9.64 Å². The van der Waals surface area contributed by atoms with Crippen molar-refractivity contribution in [2.24, 2.45) is 0 Å². The predicted molar refractivity (Wildman–Crippen MR) is 99.2 cm³/mol. The topological polar surface area (TPSA) is 45.7 Å². The van der Waals surface area contributed by atoms with Crippen LogP contribution in [0.15, 0.2) is 48.8 Å². The van der Waals surface area contributed by atoms with Crippen LogP contribution in [0, 0.1) is 0 Å². The van der Waals surface area contributed by atoms with Gasteiger partial charge in [0.2, 0.25) is 0 Å². The Kier molecular flexibility index (Phi) is 5.22. The fraction of sp³-hybridized carbons (Fsp3) is 0.400. The van der Waals surface area contributed by atoms with Crippen LogP contribution >= 0.6 is 0 Å². The van der Waals surface area contributed by atoms with Crippen LogP contribution in [0.25, 0.3) is 0 Å². The van der Waals surface area contributed by atoms with Crippen LogP contribution in [0.1, 0.15) is 31.7 Å². The molecule has 1 aliphatic heterocycles. The maximum Gasteiger partial charge on any atom is 0.324 e. The zero-order chi connectivity index (χ0) is 17.8. The molecule has 1 fully saturated rings. The van der Waals surface area contributed by atoms with Gasteiger partial charge in [-0.1, -0.05) is 32.0 Å². The minimum atomic E-state index is 0.0413. The second-order valence-electron chi connectivity index (χ2n) is 6.41. The van der Waals surface area contributed by atoms with E-state index in [9.17, 15) is 4.79 Å². The van der Waals surface area contributed by atoms with Crippen molar-refractivity contribution < 1.29 is 9.53 Å². The highest BCUT2D eigenvalue weighted by molar-refractivity contribution is 5.95. The van der Waals surface area contributed by atoms with E-state index in [4.69, 9.17) is 4.74 Å². The maximum absolute atomic E-state index is 13.0. The van der Waals surface area contributed by atoms with Crippen molar-refractivity contribution in [3.05, 3.63) is 54.4 Å². The number of carbonyl (C=O) groups is 1. The normalized spacial score (nSPS) is 18.5. The highest BCUT2D eigenvalue weighted by Crippen LogP contribution is 2.36. The molecule has 0 radical (unpaired) electrons. The highest BCUT2D eigenvalue weighted by atomic mass is 16.5. The number of hydrogen-bond donors (Lipinski definition) is 0. The van der Waals surface area contributed by atoms with Crippen LogP contribution in [0.4, 0.5) is 10.5 Å². The first-order chi connectivity index (χ1) is 12.2. The van der Waals surface area contributed by atoms with E-state index in [1.807, 2.05) is 40.1 Å². The number of pyridine rings is 1. The van der Waals surface area contributed by atoms with E-state index >= 15 is 0 Å². The van der Waals surface area contributed by atoms with Gasteiger partial charge in [0.25, 0.3) is 0 Å². The summed E-state index contributed by atoms with van der Waals surface area (Å²) in [5, 5.41) is 0. The van der Waals surface area contributed by atoms with E-state index in [-0.39, 0.29) is 18.0 Å². The molecule has 25 heavy (non-hydrogen) atoms. The molecule has 2 amide bonds. The van der Waals surface area contributed by atoms with Crippen molar-refractivity contribution in [2.75, 3.05) is 25.1 Å². The summed E-state index contributed by atoms with van der Waals surface area (Å²) in [7, 11) is 1.69. The first-order valence-corrected chi connectivity index (χ1v) is 8.78. The molecule has 1 saturated heterocycles. The third kappa shape index (κ3) is 3.31. The molecule has 1 aromatic carbocycles. The summed E-state index contributed by atoms with van der Waals surface area (Å²) in [5.74, 6) is 1.00. The number of ether oxygens (including phenoxy) is 1. The van der Waals surface area contributed by atoms with Gasteiger partial charge in [-0.15, -0.1) is 0 Å². The number of amides is 2. The standard InChI is InChI=1S/C20H25N3O2/c1-4-12-22-14-18(15(2)17-9-5-6-10-19(17)25-3)23(20(22)24)16-8-7-11-21-13-16/h5-11,13,15,18H,4,12,14H2,1-3H3. The SMILES string of the molecule is CCCN1CC(C(C)c2ccccc2OC)N(c2cccnc2)C1=O. The predicted octanol–water partition coefficient (Wildman–Crippen LogP) is 3.91. The van der Waals surface area contributed by atoms with E-state index in [0.29, 0.717) is 6.54 Å². The number of carbonyl (C=O) groups excluding carboxylic acids is 1. The number of para-hydroxylation sites is 1. The Morgan fingerprint density at radius 1 is 1.28 bits per heavy atom. The third-order valence-corrected chi connectivity index (χ3v) is 4.84. The summed E-state index contributed by atoms with van der Waals surface area (Å²) < 4.78 is 5.54. The molecule has 1 aliphatic rings. The first-order valence-electron chi connectivity index (χ1n) is 8.78. The molecule has 0 bridgehead atoms. The Balaban J connectivity index is 1.97. The molecule has 0 saturated carbocycles. The van der Waals surface area contributed by atoms with E-state index in [1.165, 1.54) is 0 Å². The van der Waals surface area contributed by atoms with Gasteiger partial charge in [0, 0.05) is 25.2 Å². The van der Waals surface area contributed by atoms with Crippen LogP contribution < -0.4 is 9.64 Å². The lowest BCUT2D eigenvalue weighted by Crippen LogP contribution is -2.38. The number of urea groups is 1. The largest absolute Gasteiger partial charge is 0.496 e. The molecule has 0 aliphatic carbocycles. The van der Waals surface area contributed by atoms with Crippen molar-refractivity contribution in [3.8, 4) is 5.75 Å². The average Bonchev–Trinajstić information content (AvgIpc) is 2.98. The average molecular weight is 339 g/mol. The second-order valence-corrected chi connectivity index (χ2v) is 6.41. The molecule has 2 aromatic rings. The Hall–Kier alpha value is -2.56. The first kappa shape index (κ1) is 17.3.